The van der Waals surface area contributed by atoms with E-state index in [4.69, 9.17) is 14.9 Å². The summed E-state index contributed by atoms with van der Waals surface area (Å²) >= 11 is 0. The van der Waals surface area contributed by atoms with Gasteiger partial charge in [-0.05, 0) is 30.6 Å². The third-order valence-electron chi connectivity index (χ3n) is 4.29. The van der Waals surface area contributed by atoms with Gasteiger partial charge in [-0.15, -0.1) is 0 Å². The quantitative estimate of drug-likeness (QED) is 0.643. The first-order valence-corrected chi connectivity index (χ1v) is 10.6. The predicted molar refractivity (Wildman–Crippen MR) is 92.0 cm³/mol. The summed E-state index contributed by atoms with van der Waals surface area (Å²) in [5, 5.41) is 0.0783. The van der Waals surface area contributed by atoms with Crippen LogP contribution >= 0.6 is 0 Å². The highest BCUT2D eigenvalue weighted by Gasteiger charge is 2.40. The minimum Gasteiger partial charge on any atom is -0.460 e. The molecular weight excluding hydrogens is 294 g/mol. The Bertz CT molecular complexity index is 482. The van der Waals surface area contributed by atoms with Crippen molar-refractivity contribution in [1.82, 2.24) is 0 Å². The van der Waals surface area contributed by atoms with Crippen molar-refractivity contribution < 1.29 is 14.0 Å². The van der Waals surface area contributed by atoms with Gasteiger partial charge in [-0.25, -0.2) is 0 Å². The Morgan fingerprint density at radius 1 is 1.23 bits per heavy atom. The smallest absolute Gasteiger partial charge is 0.325 e. The van der Waals surface area contributed by atoms with E-state index >= 15 is 0 Å². The first-order chi connectivity index (χ1) is 10.0. The van der Waals surface area contributed by atoms with Crippen LogP contribution in [0.15, 0.2) is 30.3 Å². The number of esters is 1. The number of carbonyl (C=O) groups excluding carboxylic acids is 1. The highest BCUT2D eigenvalue weighted by atomic mass is 28.4. The molecule has 0 aliphatic carbocycles. The van der Waals surface area contributed by atoms with Gasteiger partial charge in [-0.1, -0.05) is 51.1 Å². The molecule has 0 heterocycles. The number of hydrogen-bond donors (Lipinski definition) is 1. The van der Waals surface area contributed by atoms with Gasteiger partial charge in [0.1, 0.15) is 12.6 Å². The van der Waals surface area contributed by atoms with Crippen molar-refractivity contribution in [3.05, 3.63) is 35.9 Å². The summed E-state index contributed by atoms with van der Waals surface area (Å²) < 4.78 is 11.4. The Morgan fingerprint density at radius 2 is 1.77 bits per heavy atom. The van der Waals surface area contributed by atoms with Crippen molar-refractivity contribution >= 4 is 14.3 Å². The summed E-state index contributed by atoms with van der Waals surface area (Å²) in [6.45, 7) is 12.8. The van der Waals surface area contributed by atoms with Crippen molar-refractivity contribution in [2.24, 2.45) is 5.73 Å². The van der Waals surface area contributed by atoms with E-state index in [0.29, 0.717) is 0 Å². The minimum absolute atomic E-state index is 0.0783. The molecule has 1 aromatic rings. The molecule has 0 spiro atoms. The molecule has 0 aliphatic rings. The maximum atomic E-state index is 12.1. The fourth-order valence-electron chi connectivity index (χ4n) is 1.73. The van der Waals surface area contributed by atoms with E-state index in [9.17, 15) is 4.79 Å². The summed E-state index contributed by atoms with van der Waals surface area (Å²) in [5.41, 5.74) is 6.94. The normalized spacial score (nSPS) is 15.2. The molecule has 0 unspecified atom stereocenters. The minimum atomic E-state index is -1.95. The first-order valence-electron chi connectivity index (χ1n) is 7.68. The zero-order valence-electron chi connectivity index (χ0n) is 14.6. The number of benzene rings is 1. The Labute approximate surface area is 135 Å². The molecule has 4 nitrogen and oxygen atoms in total. The van der Waals surface area contributed by atoms with Gasteiger partial charge in [0.25, 0.3) is 0 Å². The van der Waals surface area contributed by atoms with E-state index in [-0.39, 0.29) is 17.7 Å². The van der Waals surface area contributed by atoms with Crippen LogP contribution in [0.3, 0.4) is 0 Å². The molecule has 0 fully saturated rings. The fraction of sp³-hybridized carbons (Fsp3) is 0.588. The van der Waals surface area contributed by atoms with Crippen molar-refractivity contribution in [2.45, 2.75) is 64.6 Å². The van der Waals surface area contributed by atoms with Gasteiger partial charge in [0.15, 0.2) is 8.32 Å². The molecule has 5 heteroatoms. The average Bonchev–Trinajstić information content (AvgIpc) is 2.43. The molecular formula is C17H29NO3Si. The first kappa shape index (κ1) is 18.9. The van der Waals surface area contributed by atoms with E-state index in [1.165, 1.54) is 0 Å². The van der Waals surface area contributed by atoms with Gasteiger partial charge in [-0.2, -0.15) is 0 Å². The van der Waals surface area contributed by atoms with Crippen LogP contribution in [0.5, 0.6) is 0 Å². The lowest BCUT2D eigenvalue weighted by Crippen LogP contribution is -2.51. The van der Waals surface area contributed by atoms with Gasteiger partial charge >= 0.3 is 5.97 Å². The monoisotopic (exact) mass is 323 g/mol. The molecule has 0 saturated carbocycles. The number of hydrogen-bond acceptors (Lipinski definition) is 4. The Kier molecular flexibility index (Phi) is 6.34. The van der Waals surface area contributed by atoms with Gasteiger partial charge in [0.05, 0.1) is 6.10 Å². The predicted octanol–water partition coefficient (Wildman–Crippen LogP) is 3.47. The second-order valence-electron chi connectivity index (χ2n) is 7.20. The lowest BCUT2D eigenvalue weighted by atomic mass is 10.2. The highest BCUT2D eigenvalue weighted by Crippen LogP contribution is 2.37. The van der Waals surface area contributed by atoms with Crippen LogP contribution in [0, 0.1) is 0 Å². The van der Waals surface area contributed by atoms with Crippen LogP contribution in [0.25, 0.3) is 0 Å². The maximum absolute atomic E-state index is 12.1. The van der Waals surface area contributed by atoms with Crippen LogP contribution in [-0.2, 0) is 20.6 Å². The molecule has 22 heavy (non-hydrogen) atoms. The van der Waals surface area contributed by atoms with Crippen LogP contribution in [0.2, 0.25) is 18.1 Å². The molecule has 0 bridgehead atoms. The van der Waals surface area contributed by atoms with Crippen LogP contribution in [-0.4, -0.2) is 26.4 Å². The van der Waals surface area contributed by atoms with E-state index in [1.54, 1.807) is 0 Å². The van der Waals surface area contributed by atoms with Crippen LogP contribution in [0.1, 0.15) is 33.3 Å². The molecule has 2 N–H and O–H groups in total. The van der Waals surface area contributed by atoms with Crippen LogP contribution < -0.4 is 5.73 Å². The average molecular weight is 324 g/mol. The lowest BCUT2D eigenvalue weighted by Gasteiger charge is -2.39. The zero-order valence-corrected chi connectivity index (χ0v) is 15.6. The van der Waals surface area contributed by atoms with Gasteiger partial charge < -0.3 is 14.9 Å². The van der Waals surface area contributed by atoms with E-state index in [1.807, 2.05) is 37.3 Å². The molecule has 1 aromatic carbocycles. The van der Waals surface area contributed by atoms with Gasteiger partial charge in [0.2, 0.25) is 0 Å². The van der Waals surface area contributed by atoms with Crippen molar-refractivity contribution in [1.29, 1.82) is 0 Å². The van der Waals surface area contributed by atoms with Crippen molar-refractivity contribution in [3.63, 3.8) is 0 Å². The lowest BCUT2D eigenvalue weighted by molar-refractivity contribution is -0.148. The second-order valence-corrected chi connectivity index (χ2v) is 12.0. The molecule has 0 amide bonds. The number of carbonyl (C=O) groups is 1. The summed E-state index contributed by atoms with van der Waals surface area (Å²) in [4.78, 5) is 12.1. The largest absolute Gasteiger partial charge is 0.460 e. The van der Waals surface area contributed by atoms with E-state index in [0.717, 1.165) is 5.56 Å². The third-order valence-corrected chi connectivity index (χ3v) is 8.86. The third kappa shape index (κ3) is 5.23. The summed E-state index contributed by atoms with van der Waals surface area (Å²) in [6, 6.07) is 8.80. The number of ether oxygens (including phenoxy) is 1. The molecule has 0 saturated heterocycles. The SMILES string of the molecule is C[C@H](O[Si](C)(C)C(C)(C)C)[C@@H](N)C(=O)OCc1ccccc1. The Hall–Kier alpha value is -1.17. The molecule has 1 rings (SSSR count). The van der Waals surface area contributed by atoms with Crippen molar-refractivity contribution in [2.75, 3.05) is 0 Å². The standard InChI is InChI=1S/C17H29NO3Si/c1-13(21-22(5,6)17(2,3)4)15(18)16(19)20-12-14-10-8-7-9-11-14/h7-11,13,15H,12,18H2,1-6H3/t13-,15+/m0/s1. The van der Waals surface area contributed by atoms with Gasteiger partial charge in [-0.3, -0.25) is 4.79 Å². The van der Waals surface area contributed by atoms with Crippen LogP contribution in [0.4, 0.5) is 0 Å². The maximum Gasteiger partial charge on any atom is 0.325 e. The fourth-order valence-corrected chi connectivity index (χ4v) is 3.16. The molecule has 0 radical (unpaired) electrons. The summed E-state index contributed by atoms with van der Waals surface area (Å²) in [7, 11) is -1.95. The Balaban J connectivity index is 2.55. The summed E-state index contributed by atoms with van der Waals surface area (Å²) in [5.74, 6) is -0.421. The number of nitrogens with two attached hydrogens (primary N) is 1. The Morgan fingerprint density at radius 3 is 2.27 bits per heavy atom. The molecule has 124 valence electrons. The summed E-state index contributed by atoms with van der Waals surface area (Å²) in [6.07, 6.45) is -0.357. The van der Waals surface area contributed by atoms with Gasteiger partial charge in [0, 0.05) is 0 Å². The van der Waals surface area contributed by atoms with E-state index < -0.39 is 20.3 Å². The second kappa shape index (κ2) is 7.40. The van der Waals surface area contributed by atoms with E-state index in [2.05, 4.69) is 33.9 Å². The topological polar surface area (TPSA) is 61.5 Å². The zero-order chi connectivity index (χ0) is 17.0. The molecule has 0 aliphatic heterocycles. The molecule has 0 aromatic heterocycles. The number of rotatable bonds is 6. The highest BCUT2D eigenvalue weighted by molar-refractivity contribution is 6.74. The van der Waals surface area contributed by atoms with Crippen molar-refractivity contribution in [3.8, 4) is 0 Å². The molecule has 2 atom stereocenters.